The van der Waals surface area contributed by atoms with E-state index in [1.807, 2.05) is 12.1 Å². The van der Waals surface area contributed by atoms with Gasteiger partial charge < -0.3 is 5.32 Å². The second kappa shape index (κ2) is 6.07. The Morgan fingerprint density at radius 1 is 1.21 bits per heavy atom. The molecule has 3 rings (SSSR count). The van der Waals surface area contributed by atoms with Gasteiger partial charge in [0.15, 0.2) is 0 Å². The largest absolute Gasteiger partial charge is 0.338 e. The van der Waals surface area contributed by atoms with E-state index in [9.17, 15) is 9.59 Å². The Hall–Kier alpha value is -2.12. The number of aryl methyl sites for hydroxylation is 2. The Balaban J connectivity index is 2.35. The predicted molar refractivity (Wildman–Crippen MR) is 99.4 cm³/mol. The van der Waals surface area contributed by atoms with Crippen LogP contribution in [0.4, 0.5) is 11.5 Å². The van der Waals surface area contributed by atoms with Gasteiger partial charge in [-0.1, -0.05) is 17.7 Å². The fourth-order valence-electron chi connectivity index (χ4n) is 2.53. The summed E-state index contributed by atoms with van der Waals surface area (Å²) in [5.74, 6) is 0.362. The topological polar surface area (TPSA) is 68.9 Å². The molecule has 24 heavy (non-hydrogen) atoms. The molecule has 0 spiro atoms. The van der Waals surface area contributed by atoms with E-state index in [0.717, 1.165) is 9.04 Å². The number of hydrogen-bond donors (Lipinski definition) is 1. The normalized spacial score (nSPS) is 11.0. The van der Waals surface area contributed by atoms with Crippen molar-refractivity contribution in [2.45, 2.75) is 6.92 Å². The van der Waals surface area contributed by atoms with Crippen molar-refractivity contribution in [1.29, 1.82) is 0 Å². The Labute approximate surface area is 150 Å². The third-order valence-corrected chi connectivity index (χ3v) is 5.08. The van der Waals surface area contributed by atoms with Gasteiger partial charge in [0.05, 0.1) is 16.2 Å². The van der Waals surface area contributed by atoms with Gasteiger partial charge in [-0.2, -0.15) is 0 Å². The molecule has 0 amide bonds. The second-order valence-electron chi connectivity index (χ2n) is 5.44. The first-order chi connectivity index (χ1) is 11.3. The molecule has 0 aliphatic rings. The summed E-state index contributed by atoms with van der Waals surface area (Å²) in [6.45, 7) is 1.80. The van der Waals surface area contributed by atoms with E-state index < -0.39 is 5.56 Å². The van der Waals surface area contributed by atoms with Crippen molar-refractivity contribution in [3.8, 4) is 0 Å². The van der Waals surface area contributed by atoms with Crippen LogP contribution in [0.3, 0.4) is 0 Å². The third-order valence-electron chi connectivity index (χ3n) is 3.79. The van der Waals surface area contributed by atoms with E-state index >= 15 is 0 Å². The van der Waals surface area contributed by atoms with Gasteiger partial charge in [-0.25, -0.2) is 9.78 Å². The van der Waals surface area contributed by atoms with Gasteiger partial charge >= 0.3 is 5.69 Å². The van der Waals surface area contributed by atoms with Gasteiger partial charge in [0.2, 0.25) is 0 Å². The maximum atomic E-state index is 12.6. The lowest BCUT2D eigenvalue weighted by atomic mass is 10.2. The van der Waals surface area contributed by atoms with Crippen LogP contribution in [-0.2, 0) is 14.1 Å². The van der Waals surface area contributed by atoms with Crippen LogP contribution in [0.5, 0.6) is 0 Å². The van der Waals surface area contributed by atoms with E-state index in [4.69, 9.17) is 11.6 Å². The number of aromatic nitrogens is 3. The quantitative estimate of drug-likeness (QED) is 0.706. The summed E-state index contributed by atoms with van der Waals surface area (Å²) in [6, 6.07) is 7.14. The summed E-state index contributed by atoms with van der Waals surface area (Å²) in [6.07, 6.45) is 0. The van der Waals surface area contributed by atoms with Crippen molar-refractivity contribution in [2.24, 2.45) is 14.1 Å². The Morgan fingerprint density at radius 2 is 1.92 bits per heavy atom. The number of pyridine rings is 1. The first-order valence-corrected chi connectivity index (χ1v) is 8.26. The zero-order valence-electron chi connectivity index (χ0n) is 13.2. The minimum absolute atomic E-state index is 0.334. The summed E-state index contributed by atoms with van der Waals surface area (Å²) < 4.78 is 3.22. The van der Waals surface area contributed by atoms with Crippen molar-refractivity contribution in [3.05, 3.63) is 60.3 Å². The van der Waals surface area contributed by atoms with Crippen molar-refractivity contribution >= 4 is 49.9 Å². The maximum absolute atomic E-state index is 12.6. The monoisotopic (exact) mass is 408 g/mol. The molecule has 124 valence electrons. The number of fused-ring (bicyclic) bond motifs is 1. The van der Waals surface area contributed by atoms with E-state index in [0.29, 0.717) is 33.1 Å². The number of nitrogens with one attached hydrogen (secondary N) is 1. The van der Waals surface area contributed by atoms with Gasteiger partial charge in [-0.15, -0.1) is 0 Å². The van der Waals surface area contributed by atoms with E-state index in [1.165, 1.54) is 11.6 Å². The maximum Gasteiger partial charge on any atom is 0.330 e. The van der Waals surface area contributed by atoms with Gasteiger partial charge in [0, 0.05) is 24.3 Å². The lowest BCUT2D eigenvalue weighted by Gasteiger charge is -2.14. The molecule has 0 saturated carbocycles. The fourth-order valence-corrected chi connectivity index (χ4v) is 3.07. The van der Waals surface area contributed by atoms with Crippen molar-refractivity contribution in [1.82, 2.24) is 14.1 Å². The summed E-state index contributed by atoms with van der Waals surface area (Å²) in [7, 11) is 3.07. The minimum atomic E-state index is -0.408. The van der Waals surface area contributed by atoms with E-state index in [2.05, 4.69) is 26.2 Å². The molecular formula is C16H14BrClN4O2. The third kappa shape index (κ3) is 2.63. The molecule has 0 radical (unpaired) electrons. The zero-order chi connectivity index (χ0) is 17.6. The summed E-state index contributed by atoms with van der Waals surface area (Å²) in [5, 5.41) is 3.93. The molecule has 2 aromatic heterocycles. The van der Waals surface area contributed by atoms with Crippen LogP contribution in [0.15, 0.2) is 38.3 Å². The summed E-state index contributed by atoms with van der Waals surface area (Å²) >= 11 is 9.65. The van der Waals surface area contributed by atoms with Crippen LogP contribution < -0.4 is 16.6 Å². The van der Waals surface area contributed by atoms with Crippen LogP contribution in [0.1, 0.15) is 5.69 Å². The number of halogens is 2. The average molecular weight is 410 g/mol. The molecule has 3 aromatic rings. The van der Waals surface area contributed by atoms with E-state index in [-0.39, 0.29) is 5.69 Å². The predicted octanol–water partition coefficient (Wildman–Crippen LogP) is 3.10. The molecule has 8 heteroatoms. The van der Waals surface area contributed by atoms with Gasteiger partial charge in [0.1, 0.15) is 11.2 Å². The molecule has 0 fully saturated rings. The van der Waals surface area contributed by atoms with Crippen LogP contribution in [-0.4, -0.2) is 14.1 Å². The van der Waals surface area contributed by atoms with Crippen molar-refractivity contribution in [3.63, 3.8) is 0 Å². The highest BCUT2D eigenvalue weighted by atomic mass is 79.9. The first kappa shape index (κ1) is 16.7. The molecule has 0 saturated heterocycles. The Bertz CT molecular complexity index is 1090. The molecule has 0 unspecified atom stereocenters. The highest BCUT2D eigenvalue weighted by Crippen LogP contribution is 2.32. The summed E-state index contributed by atoms with van der Waals surface area (Å²) in [4.78, 5) is 29.2. The number of hydrogen-bond acceptors (Lipinski definition) is 4. The standard InChI is InChI=1S/C16H14BrClN4O2/c1-8-7-11-12(15(23)22(3)16(24)21(11)2)14(19-8)20-10-6-4-5-9(17)13(10)18/h4-7H,1-3H3,(H,19,20). The smallest absolute Gasteiger partial charge is 0.330 e. The number of anilines is 2. The zero-order valence-corrected chi connectivity index (χ0v) is 15.6. The average Bonchev–Trinajstić information content (AvgIpc) is 2.54. The van der Waals surface area contributed by atoms with Gasteiger partial charge in [-0.3, -0.25) is 13.9 Å². The lowest BCUT2D eigenvalue weighted by Crippen LogP contribution is -2.37. The molecule has 0 atom stereocenters. The lowest BCUT2D eigenvalue weighted by molar-refractivity contribution is 0.713. The first-order valence-electron chi connectivity index (χ1n) is 7.09. The van der Waals surface area contributed by atoms with Crippen LogP contribution in [0, 0.1) is 6.92 Å². The molecule has 2 heterocycles. The number of rotatable bonds is 2. The molecular weight excluding hydrogens is 396 g/mol. The fraction of sp³-hybridized carbons (Fsp3) is 0.188. The second-order valence-corrected chi connectivity index (χ2v) is 6.67. The van der Waals surface area contributed by atoms with E-state index in [1.54, 1.807) is 26.1 Å². The molecule has 1 aromatic carbocycles. The van der Waals surface area contributed by atoms with Gasteiger partial charge in [-0.05, 0) is 41.1 Å². The minimum Gasteiger partial charge on any atom is -0.338 e. The SMILES string of the molecule is Cc1cc2c(c(Nc3cccc(Br)c3Cl)n1)c(=O)n(C)c(=O)n2C. The van der Waals surface area contributed by atoms with Crippen LogP contribution >= 0.6 is 27.5 Å². The molecule has 1 N–H and O–H groups in total. The van der Waals surface area contributed by atoms with Crippen LogP contribution in [0.2, 0.25) is 5.02 Å². The molecule has 0 aliphatic heterocycles. The van der Waals surface area contributed by atoms with Crippen molar-refractivity contribution < 1.29 is 0 Å². The molecule has 0 aliphatic carbocycles. The van der Waals surface area contributed by atoms with Crippen molar-refractivity contribution in [2.75, 3.05) is 5.32 Å². The number of benzene rings is 1. The summed E-state index contributed by atoms with van der Waals surface area (Å²) in [5.41, 5.74) is 1.02. The molecule has 0 bridgehead atoms. The Kier molecular flexibility index (Phi) is 4.23. The highest BCUT2D eigenvalue weighted by molar-refractivity contribution is 9.10. The molecule has 6 nitrogen and oxygen atoms in total. The number of nitrogens with zero attached hydrogens (tertiary/aromatic N) is 3. The Morgan fingerprint density at radius 3 is 2.62 bits per heavy atom. The van der Waals surface area contributed by atoms with Gasteiger partial charge in [0.25, 0.3) is 5.56 Å². The highest BCUT2D eigenvalue weighted by Gasteiger charge is 2.16. The van der Waals surface area contributed by atoms with Crippen LogP contribution in [0.25, 0.3) is 10.9 Å².